The lowest BCUT2D eigenvalue weighted by Crippen LogP contribution is -2.38. The van der Waals surface area contributed by atoms with E-state index in [0.29, 0.717) is 11.5 Å². The van der Waals surface area contributed by atoms with Crippen LogP contribution in [0.15, 0.2) is 34.9 Å². The number of likely N-dealkylation sites (N-methyl/N-ethyl adjacent to an activating group) is 1. The van der Waals surface area contributed by atoms with Gasteiger partial charge in [0.25, 0.3) is 5.91 Å². The molecule has 1 aromatic carbocycles. The third-order valence-corrected chi connectivity index (χ3v) is 3.97. The van der Waals surface area contributed by atoms with Gasteiger partial charge in [-0.3, -0.25) is 4.79 Å². The van der Waals surface area contributed by atoms with E-state index in [9.17, 15) is 4.79 Å². The Morgan fingerprint density at radius 2 is 2.14 bits per heavy atom. The summed E-state index contributed by atoms with van der Waals surface area (Å²) in [5.74, 6) is 0.175. The van der Waals surface area contributed by atoms with Gasteiger partial charge in [-0.25, -0.2) is 0 Å². The lowest BCUT2D eigenvalue weighted by Gasteiger charge is -2.22. The molecule has 1 fully saturated rings. The second kappa shape index (κ2) is 5.69. The lowest BCUT2D eigenvalue weighted by molar-refractivity contribution is 0.0702. The number of benzene rings is 1. The number of rotatable bonds is 3. The van der Waals surface area contributed by atoms with Crippen molar-refractivity contribution in [3.8, 4) is 11.3 Å². The first-order valence-electron chi connectivity index (χ1n) is 7.17. The van der Waals surface area contributed by atoms with Crippen LogP contribution < -0.4 is 5.32 Å². The van der Waals surface area contributed by atoms with Crippen molar-refractivity contribution < 1.29 is 9.32 Å². The van der Waals surface area contributed by atoms with E-state index >= 15 is 0 Å². The predicted octanol–water partition coefficient (Wildman–Crippen LogP) is 2.08. The van der Waals surface area contributed by atoms with E-state index in [4.69, 9.17) is 4.52 Å². The molecule has 1 aromatic heterocycles. The maximum atomic E-state index is 12.4. The van der Waals surface area contributed by atoms with Gasteiger partial charge in [0.05, 0.1) is 0 Å². The van der Waals surface area contributed by atoms with Crippen molar-refractivity contribution >= 4 is 5.91 Å². The van der Waals surface area contributed by atoms with Crippen LogP contribution in [0.25, 0.3) is 11.3 Å². The quantitative estimate of drug-likeness (QED) is 0.938. The van der Waals surface area contributed by atoms with E-state index in [1.54, 1.807) is 11.0 Å². The molecule has 0 bridgehead atoms. The zero-order valence-electron chi connectivity index (χ0n) is 12.3. The zero-order chi connectivity index (χ0) is 14.8. The van der Waals surface area contributed by atoms with E-state index in [-0.39, 0.29) is 11.9 Å². The Labute approximate surface area is 123 Å². The van der Waals surface area contributed by atoms with Crippen LogP contribution in [-0.2, 0) is 0 Å². The summed E-state index contributed by atoms with van der Waals surface area (Å²) in [6, 6.07) is 9.93. The molecular formula is C16H19N3O2. The Kier molecular flexibility index (Phi) is 3.75. The molecule has 1 saturated heterocycles. The Hall–Kier alpha value is -2.14. The van der Waals surface area contributed by atoms with Crippen molar-refractivity contribution in [1.82, 2.24) is 15.4 Å². The highest BCUT2D eigenvalue weighted by atomic mass is 16.5. The van der Waals surface area contributed by atoms with E-state index < -0.39 is 0 Å². The van der Waals surface area contributed by atoms with Crippen LogP contribution in [0.5, 0.6) is 0 Å². The predicted molar refractivity (Wildman–Crippen MR) is 80.0 cm³/mol. The van der Waals surface area contributed by atoms with Crippen molar-refractivity contribution in [2.45, 2.75) is 19.4 Å². The molecule has 0 spiro atoms. The number of hydrogen-bond donors (Lipinski definition) is 1. The first-order valence-corrected chi connectivity index (χ1v) is 7.17. The van der Waals surface area contributed by atoms with Gasteiger partial charge in [-0.2, -0.15) is 0 Å². The molecule has 1 aliphatic heterocycles. The number of nitrogens with zero attached hydrogens (tertiary/aromatic N) is 2. The normalized spacial score (nSPS) is 17.9. The van der Waals surface area contributed by atoms with E-state index in [1.807, 2.05) is 38.2 Å². The molecule has 1 amide bonds. The van der Waals surface area contributed by atoms with Crippen LogP contribution in [0.2, 0.25) is 0 Å². The number of aryl methyl sites for hydroxylation is 1. The van der Waals surface area contributed by atoms with Crippen LogP contribution in [-0.4, -0.2) is 42.1 Å². The summed E-state index contributed by atoms with van der Waals surface area (Å²) in [7, 11) is 1.81. The smallest absolute Gasteiger partial charge is 0.292 e. The van der Waals surface area contributed by atoms with Gasteiger partial charge in [0.1, 0.15) is 5.69 Å². The number of nitrogens with one attached hydrogen (secondary N) is 1. The highest BCUT2D eigenvalue weighted by molar-refractivity contribution is 5.92. The minimum Gasteiger partial charge on any atom is -0.350 e. The number of amides is 1. The van der Waals surface area contributed by atoms with Crippen LogP contribution in [0.3, 0.4) is 0 Å². The van der Waals surface area contributed by atoms with Gasteiger partial charge in [-0.05, 0) is 19.9 Å². The summed E-state index contributed by atoms with van der Waals surface area (Å²) in [4.78, 5) is 14.1. The number of carbonyl (C=O) groups is 1. The van der Waals surface area contributed by atoms with Crippen LogP contribution >= 0.6 is 0 Å². The summed E-state index contributed by atoms with van der Waals surface area (Å²) in [5.41, 5.74) is 2.83. The van der Waals surface area contributed by atoms with Crippen molar-refractivity contribution in [3.05, 3.63) is 41.7 Å². The Morgan fingerprint density at radius 3 is 2.81 bits per heavy atom. The van der Waals surface area contributed by atoms with E-state index in [2.05, 4.69) is 10.5 Å². The second-order valence-corrected chi connectivity index (χ2v) is 5.51. The molecule has 110 valence electrons. The molecule has 3 rings (SSSR count). The van der Waals surface area contributed by atoms with Crippen molar-refractivity contribution in [2.24, 2.45) is 0 Å². The monoisotopic (exact) mass is 285 g/mol. The van der Waals surface area contributed by atoms with Gasteiger partial charge in [-0.15, -0.1) is 0 Å². The molecule has 2 aromatic rings. The Morgan fingerprint density at radius 1 is 1.38 bits per heavy atom. The topological polar surface area (TPSA) is 58.4 Å². The fourth-order valence-electron chi connectivity index (χ4n) is 2.55. The van der Waals surface area contributed by atoms with Crippen molar-refractivity contribution in [3.63, 3.8) is 0 Å². The van der Waals surface area contributed by atoms with Gasteiger partial charge in [-0.1, -0.05) is 35.0 Å². The minimum absolute atomic E-state index is 0.116. The minimum atomic E-state index is -0.116. The van der Waals surface area contributed by atoms with Crippen LogP contribution in [0.4, 0.5) is 0 Å². The largest absolute Gasteiger partial charge is 0.350 e. The van der Waals surface area contributed by atoms with Gasteiger partial charge in [0, 0.05) is 31.3 Å². The first-order chi connectivity index (χ1) is 10.1. The highest BCUT2D eigenvalue weighted by Crippen LogP contribution is 2.21. The average Bonchev–Trinajstić information content (AvgIpc) is 3.18. The molecule has 1 unspecified atom stereocenters. The van der Waals surface area contributed by atoms with Gasteiger partial charge in [0.2, 0.25) is 5.76 Å². The molecule has 2 heterocycles. The molecular weight excluding hydrogens is 266 g/mol. The molecule has 1 atom stereocenters. The summed E-state index contributed by atoms with van der Waals surface area (Å²) in [6.07, 6.45) is 0.973. The number of aromatic nitrogens is 1. The molecule has 0 aliphatic carbocycles. The van der Waals surface area contributed by atoms with Crippen molar-refractivity contribution in [2.75, 3.05) is 20.1 Å². The molecule has 1 N–H and O–H groups in total. The lowest BCUT2D eigenvalue weighted by atomic mass is 10.1. The van der Waals surface area contributed by atoms with Gasteiger partial charge in [0.15, 0.2) is 0 Å². The number of carbonyl (C=O) groups excluding carboxylic acids is 1. The molecule has 5 heteroatoms. The van der Waals surface area contributed by atoms with Crippen molar-refractivity contribution in [1.29, 1.82) is 0 Å². The van der Waals surface area contributed by atoms with E-state index in [1.165, 1.54) is 5.56 Å². The highest BCUT2D eigenvalue weighted by Gasteiger charge is 2.26. The van der Waals surface area contributed by atoms with Crippen LogP contribution in [0, 0.1) is 6.92 Å². The number of hydrogen-bond acceptors (Lipinski definition) is 4. The third kappa shape index (κ3) is 2.83. The third-order valence-electron chi connectivity index (χ3n) is 3.97. The molecule has 5 nitrogen and oxygen atoms in total. The van der Waals surface area contributed by atoms with Gasteiger partial charge >= 0.3 is 0 Å². The zero-order valence-corrected chi connectivity index (χ0v) is 12.3. The Bertz CT molecular complexity index is 627. The maximum absolute atomic E-state index is 12.4. The standard InChI is InChI=1S/C16H19N3O2/c1-11-3-5-12(6-4-11)14-9-15(21-18-14)16(20)19(2)13-7-8-17-10-13/h3-6,9,13,17H,7-8,10H2,1-2H3. The average molecular weight is 285 g/mol. The summed E-state index contributed by atoms with van der Waals surface area (Å²) >= 11 is 0. The maximum Gasteiger partial charge on any atom is 0.292 e. The van der Waals surface area contributed by atoms with Crippen LogP contribution in [0.1, 0.15) is 22.5 Å². The summed E-state index contributed by atoms with van der Waals surface area (Å²) < 4.78 is 5.23. The Balaban J connectivity index is 1.77. The van der Waals surface area contributed by atoms with Gasteiger partial charge < -0.3 is 14.7 Å². The fourth-order valence-corrected chi connectivity index (χ4v) is 2.55. The first kappa shape index (κ1) is 13.8. The molecule has 21 heavy (non-hydrogen) atoms. The molecule has 0 saturated carbocycles. The second-order valence-electron chi connectivity index (χ2n) is 5.51. The summed E-state index contributed by atoms with van der Waals surface area (Å²) in [6.45, 7) is 3.82. The molecule has 1 aliphatic rings. The SMILES string of the molecule is Cc1ccc(-c2cc(C(=O)N(C)C3CCNC3)on2)cc1. The fraction of sp³-hybridized carbons (Fsp3) is 0.375. The summed E-state index contributed by atoms with van der Waals surface area (Å²) in [5, 5.41) is 7.26. The molecule has 0 radical (unpaired) electrons. The van der Waals surface area contributed by atoms with E-state index in [0.717, 1.165) is 25.1 Å².